The number of pyridine rings is 1. The van der Waals surface area contributed by atoms with Crippen LogP contribution in [-0.4, -0.2) is 18.1 Å². The molecule has 0 spiro atoms. The summed E-state index contributed by atoms with van der Waals surface area (Å²) in [6.45, 7) is 1.95. The molecule has 1 aromatic carbocycles. The van der Waals surface area contributed by atoms with E-state index in [9.17, 15) is 0 Å². The lowest BCUT2D eigenvalue weighted by Crippen LogP contribution is -2.21. The van der Waals surface area contributed by atoms with Crippen molar-refractivity contribution in [3.8, 4) is 11.5 Å². The lowest BCUT2D eigenvalue weighted by molar-refractivity contribution is 0.480. The lowest BCUT2D eigenvalue weighted by Gasteiger charge is -2.14. The monoisotopic (exact) mass is 252 g/mol. The van der Waals surface area contributed by atoms with Crippen molar-refractivity contribution >= 4 is 5.57 Å². The molecule has 3 rings (SSSR count). The quantitative estimate of drug-likeness (QED) is 0.910. The van der Waals surface area contributed by atoms with E-state index in [4.69, 9.17) is 4.74 Å². The molecule has 1 aliphatic rings. The van der Waals surface area contributed by atoms with Crippen molar-refractivity contribution in [3.05, 3.63) is 60.4 Å². The van der Waals surface area contributed by atoms with Crippen LogP contribution >= 0.6 is 0 Å². The first-order chi connectivity index (χ1) is 9.42. The fourth-order valence-corrected chi connectivity index (χ4v) is 2.09. The summed E-state index contributed by atoms with van der Waals surface area (Å²) in [5, 5.41) is 3.35. The molecule has 3 nitrogen and oxygen atoms in total. The highest BCUT2D eigenvalue weighted by molar-refractivity contribution is 5.65. The van der Waals surface area contributed by atoms with Gasteiger partial charge in [0.1, 0.15) is 11.5 Å². The summed E-state index contributed by atoms with van der Waals surface area (Å²) in [6.07, 6.45) is 5.09. The highest BCUT2D eigenvalue weighted by Crippen LogP contribution is 2.22. The maximum atomic E-state index is 5.72. The number of aromatic nitrogens is 1. The Morgan fingerprint density at radius 3 is 2.58 bits per heavy atom. The molecule has 0 saturated heterocycles. The molecule has 0 radical (unpaired) electrons. The zero-order chi connectivity index (χ0) is 12.9. The van der Waals surface area contributed by atoms with Crippen molar-refractivity contribution in [1.82, 2.24) is 10.3 Å². The number of nitrogens with one attached hydrogen (secondary N) is 1. The summed E-state index contributed by atoms with van der Waals surface area (Å²) in [5.74, 6) is 1.59. The van der Waals surface area contributed by atoms with Gasteiger partial charge in [0.05, 0.1) is 11.9 Å². The third kappa shape index (κ3) is 3.01. The van der Waals surface area contributed by atoms with Crippen LogP contribution < -0.4 is 10.1 Å². The van der Waals surface area contributed by atoms with Gasteiger partial charge in [-0.25, -0.2) is 0 Å². The summed E-state index contributed by atoms with van der Waals surface area (Å²) < 4.78 is 5.72. The van der Waals surface area contributed by atoms with Gasteiger partial charge in [0.15, 0.2) is 0 Å². The second kappa shape index (κ2) is 5.67. The molecule has 3 heteroatoms. The molecule has 2 heterocycles. The second-order valence-electron chi connectivity index (χ2n) is 4.49. The zero-order valence-corrected chi connectivity index (χ0v) is 10.7. The SMILES string of the molecule is C1=C(c2ccc(Oc3ccccc3)cn2)CNCC1. The van der Waals surface area contributed by atoms with E-state index in [0.717, 1.165) is 36.7 Å². The minimum atomic E-state index is 0.763. The van der Waals surface area contributed by atoms with Crippen molar-refractivity contribution in [2.75, 3.05) is 13.1 Å². The Morgan fingerprint density at radius 2 is 1.89 bits per heavy atom. The zero-order valence-electron chi connectivity index (χ0n) is 10.7. The van der Waals surface area contributed by atoms with Crippen molar-refractivity contribution in [3.63, 3.8) is 0 Å². The minimum Gasteiger partial charge on any atom is -0.456 e. The Balaban J connectivity index is 1.74. The molecule has 1 N–H and O–H groups in total. The number of para-hydroxylation sites is 1. The Hall–Kier alpha value is -2.13. The van der Waals surface area contributed by atoms with Gasteiger partial charge in [0, 0.05) is 6.54 Å². The standard InChI is InChI=1S/C16H16N2O/c1-2-6-14(7-3-1)19-15-8-9-16(18-12-15)13-5-4-10-17-11-13/h1-3,5-9,12,17H,4,10-11H2. The van der Waals surface area contributed by atoms with Crippen LogP contribution in [0.4, 0.5) is 0 Å². The fourth-order valence-electron chi connectivity index (χ4n) is 2.09. The van der Waals surface area contributed by atoms with Gasteiger partial charge in [-0.3, -0.25) is 4.98 Å². The number of nitrogens with zero attached hydrogens (tertiary/aromatic N) is 1. The molecule has 96 valence electrons. The van der Waals surface area contributed by atoms with Gasteiger partial charge < -0.3 is 10.1 Å². The molecule has 1 aromatic heterocycles. The van der Waals surface area contributed by atoms with Crippen LogP contribution in [0, 0.1) is 0 Å². The third-order valence-corrected chi connectivity index (χ3v) is 3.07. The number of hydrogen-bond donors (Lipinski definition) is 1. The number of benzene rings is 1. The van der Waals surface area contributed by atoms with Crippen molar-refractivity contribution < 1.29 is 4.74 Å². The highest BCUT2D eigenvalue weighted by Gasteiger charge is 2.07. The molecule has 0 fully saturated rings. The Labute approximate surface area is 113 Å². The van der Waals surface area contributed by atoms with Gasteiger partial charge >= 0.3 is 0 Å². The summed E-state index contributed by atoms with van der Waals surface area (Å²) in [7, 11) is 0. The first kappa shape index (κ1) is 11.9. The maximum Gasteiger partial charge on any atom is 0.145 e. The fraction of sp³-hybridized carbons (Fsp3) is 0.188. The van der Waals surface area contributed by atoms with Crippen LogP contribution in [0.1, 0.15) is 12.1 Å². The Kier molecular flexibility index (Phi) is 3.56. The summed E-state index contributed by atoms with van der Waals surface area (Å²) in [5.41, 5.74) is 2.28. The molecular formula is C16H16N2O. The van der Waals surface area contributed by atoms with Gasteiger partial charge in [-0.05, 0) is 42.8 Å². The summed E-state index contributed by atoms with van der Waals surface area (Å²) in [6, 6.07) is 13.7. The van der Waals surface area contributed by atoms with E-state index in [1.807, 2.05) is 42.5 Å². The smallest absolute Gasteiger partial charge is 0.145 e. The van der Waals surface area contributed by atoms with Gasteiger partial charge in [-0.1, -0.05) is 24.3 Å². The molecule has 0 bridgehead atoms. The van der Waals surface area contributed by atoms with Gasteiger partial charge in [-0.15, -0.1) is 0 Å². The Morgan fingerprint density at radius 1 is 1.00 bits per heavy atom. The van der Waals surface area contributed by atoms with Crippen molar-refractivity contribution in [2.24, 2.45) is 0 Å². The molecule has 0 atom stereocenters. The second-order valence-corrected chi connectivity index (χ2v) is 4.49. The van der Waals surface area contributed by atoms with E-state index in [0.29, 0.717) is 0 Å². The van der Waals surface area contributed by atoms with Gasteiger partial charge in [0.2, 0.25) is 0 Å². The van der Waals surface area contributed by atoms with E-state index in [1.54, 1.807) is 6.20 Å². The normalized spacial score (nSPS) is 14.8. The van der Waals surface area contributed by atoms with Crippen LogP contribution in [0.15, 0.2) is 54.7 Å². The third-order valence-electron chi connectivity index (χ3n) is 3.07. The Bertz CT molecular complexity index is 561. The first-order valence-electron chi connectivity index (χ1n) is 6.51. The van der Waals surface area contributed by atoms with Gasteiger partial charge in [-0.2, -0.15) is 0 Å². The maximum absolute atomic E-state index is 5.72. The van der Waals surface area contributed by atoms with E-state index < -0.39 is 0 Å². The van der Waals surface area contributed by atoms with E-state index in [1.165, 1.54) is 5.57 Å². The molecule has 0 aliphatic carbocycles. The molecule has 0 amide bonds. The molecule has 1 aliphatic heterocycles. The van der Waals surface area contributed by atoms with Crippen molar-refractivity contribution in [1.29, 1.82) is 0 Å². The number of rotatable bonds is 3. The molecular weight excluding hydrogens is 236 g/mol. The van der Waals surface area contributed by atoms with Gasteiger partial charge in [0.25, 0.3) is 0 Å². The van der Waals surface area contributed by atoms with Crippen LogP contribution in [0.25, 0.3) is 5.57 Å². The van der Waals surface area contributed by atoms with Crippen molar-refractivity contribution in [2.45, 2.75) is 6.42 Å². The number of ether oxygens (including phenoxy) is 1. The molecule has 0 saturated carbocycles. The predicted molar refractivity (Wildman–Crippen MR) is 76.2 cm³/mol. The van der Waals surface area contributed by atoms with Crippen LogP contribution in [-0.2, 0) is 0 Å². The average molecular weight is 252 g/mol. The van der Waals surface area contributed by atoms with E-state index in [2.05, 4.69) is 16.4 Å². The largest absolute Gasteiger partial charge is 0.456 e. The van der Waals surface area contributed by atoms with E-state index in [-0.39, 0.29) is 0 Å². The van der Waals surface area contributed by atoms with E-state index >= 15 is 0 Å². The summed E-state index contributed by atoms with van der Waals surface area (Å²) >= 11 is 0. The molecule has 19 heavy (non-hydrogen) atoms. The number of hydrogen-bond acceptors (Lipinski definition) is 3. The topological polar surface area (TPSA) is 34.1 Å². The first-order valence-corrected chi connectivity index (χ1v) is 6.51. The molecule has 0 unspecified atom stereocenters. The minimum absolute atomic E-state index is 0.763. The average Bonchev–Trinajstić information content (AvgIpc) is 2.50. The predicted octanol–water partition coefficient (Wildman–Crippen LogP) is 3.25. The van der Waals surface area contributed by atoms with Crippen LogP contribution in [0.2, 0.25) is 0 Å². The highest BCUT2D eigenvalue weighted by atomic mass is 16.5. The lowest BCUT2D eigenvalue weighted by atomic mass is 10.1. The van der Waals surface area contributed by atoms with Crippen LogP contribution in [0.3, 0.4) is 0 Å². The van der Waals surface area contributed by atoms with Crippen LogP contribution in [0.5, 0.6) is 11.5 Å². The summed E-state index contributed by atoms with van der Waals surface area (Å²) in [4.78, 5) is 4.47. The molecule has 2 aromatic rings.